The third kappa shape index (κ3) is 1.95. The molecule has 2 rings (SSSR count). The van der Waals surface area contributed by atoms with E-state index >= 15 is 0 Å². The van der Waals surface area contributed by atoms with E-state index in [9.17, 15) is 0 Å². The molecule has 1 heterocycles. The summed E-state index contributed by atoms with van der Waals surface area (Å²) in [5.41, 5.74) is 7.29. The SMILES string of the molecule is CC(C)c1nnnn1-c1ccc(N)cc1C#N. The maximum absolute atomic E-state index is 9.08. The van der Waals surface area contributed by atoms with Crippen LogP contribution in [0, 0.1) is 11.3 Å². The summed E-state index contributed by atoms with van der Waals surface area (Å²) in [4.78, 5) is 0. The first kappa shape index (κ1) is 11.1. The molecule has 0 atom stereocenters. The molecule has 2 aromatic rings. The summed E-state index contributed by atoms with van der Waals surface area (Å²) in [7, 11) is 0. The number of aromatic nitrogens is 4. The zero-order chi connectivity index (χ0) is 12.4. The number of benzene rings is 1. The van der Waals surface area contributed by atoms with E-state index in [-0.39, 0.29) is 5.92 Å². The summed E-state index contributed by atoms with van der Waals surface area (Å²) in [6.07, 6.45) is 0. The maximum atomic E-state index is 9.08. The third-order valence-corrected chi connectivity index (χ3v) is 2.38. The topological polar surface area (TPSA) is 93.4 Å². The average Bonchev–Trinajstić information content (AvgIpc) is 2.77. The highest BCUT2D eigenvalue weighted by Gasteiger charge is 2.14. The van der Waals surface area contributed by atoms with Gasteiger partial charge in [-0.05, 0) is 28.6 Å². The Morgan fingerprint density at radius 2 is 2.18 bits per heavy atom. The number of hydrogen-bond acceptors (Lipinski definition) is 5. The van der Waals surface area contributed by atoms with Crippen LogP contribution in [0.1, 0.15) is 31.2 Å². The molecule has 2 N–H and O–H groups in total. The Hall–Kier alpha value is -2.42. The van der Waals surface area contributed by atoms with E-state index < -0.39 is 0 Å². The smallest absolute Gasteiger partial charge is 0.159 e. The number of nitriles is 1. The molecule has 0 saturated heterocycles. The number of nitrogens with zero attached hydrogens (tertiary/aromatic N) is 5. The van der Waals surface area contributed by atoms with Crippen molar-refractivity contribution >= 4 is 5.69 Å². The lowest BCUT2D eigenvalue weighted by molar-refractivity contribution is 0.709. The summed E-state index contributed by atoms with van der Waals surface area (Å²) < 4.78 is 1.57. The van der Waals surface area contributed by atoms with Crippen LogP contribution in [-0.2, 0) is 0 Å². The molecule has 86 valence electrons. The summed E-state index contributed by atoms with van der Waals surface area (Å²) >= 11 is 0. The van der Waals surface area contributed by atoms with E-state index in [1.165, 1.54) is 0 Å². The van der Waals surface area contributed by atoms with Crippen molar-refractivity contribution in [3.8, 4) is 11.8 Å². The van der Waals surface area contributed by atoms with Crippen LogP contribution in [0.3, 0.4) is 0 Å². The van der Waals surface area contributed by atoms with Crippen molar-refractivity contribution in [2.24, 2.45) is 0 Å². The van der Waals surface area contributed by atoms with Crippen molar-refractivity contribution in [1.82, 2.24) is 20.2 Å². The van der Waals surface area contributed by atoms with Crippen LogP contribution < -0.4 is 5.73 Å². The quantitative estimate of drug-likeness (QED) is 0.780. The van der Waals surface area contributed by atoms with Gasteiger partial charge in [-0.1, -0.05) is 13.8 Å². The number of tetrazole rings is 1. The molecule has 0 aliphatic heterocycles. The fourth-order valence-corrected chi connectivity index (χ4v) is 1.55. The highest BCUT2D eigenvalue weighted by atomic mass is 15.5. The van der Waals surface area contributed by atoms with Crippen LogP contribution in [0.4, 0.5) is 5.69 Å². The van der Waals surface area contributed by atoms with Gasteiger partial charge in [-0.25, -0.2) is 0 Å². The van der Waals surface area contributed by atoms with Gasteiger partial charge in [0.1, 0.15) is 6.07 Å². The monoisotopic (exact) mass is 228 g/mol. The predicted octanol–water partition coefficient (Wildman–Crippen LogP) is 1.24. The normalized spacial score (nSPS) is 10.5. The van der Waals surface area contributed by atoms with Gasteiger partial charge >= 0.3 is 0 Å². The van der Waals surface area contributed by atoms with Crippen molar-refractivity contribution < 1.29 is 0 Å². The van der Waals surface area contributed by atoms with E-state index in [1.54, 1.807) is 22.9 Å². The minimum absolute atomic E-state index is 0.175. The molecule has 6 heteroatoms. The molecule has 6 nitrogen and oxygen atoms in total. The second-order valence-corrected chi connectivity index (χ2v) is 3.99. The summed E-state index contributed by atoms with van der Waals surface area (Å²) in [6.45, 7) is 3.98. The summed E-state index contributed by atoms with van der Waals surface area (Å²) in [5, 5.41) is 20.6. The predicted molar refractivity (Wildman–Crippen MR) is 62.4 cm³/mol. The van der Waals surface area contributed by atoms with Crippen LogP contribution in [-0.4, -0.2) is 20.2 Å². The molecule has 0 radical (unpaired) electrons. The molecule has 0 spiro atoms. The number of hydrogen-bond donors (Lipinski definition) is 1. The van der Waals surface area contributed by atoms with Crippen LogP contribution in [0.25, 0.3) is 5.69 Å². The van der Waals surface area contributed by atoms with E-state index in [1.807, 2.05) is 13.8 Å². The van der Waals surface area contributed by atoms with Gasteiger partial charge in [0.15, 0.2) is 5.82 Å². The molecular weight excluding hydrogens is 216 g/mol. The molecule has 0 fully saturated rings. The first-order valence-electron chi connectivity index (χ1n) is 5.21. The minimum Gasteiger partial charge on any atom is -0.399 e. The molecule has 1 aromatic heterocycles. The maximum Gasteiger partial charge on any atom is 0.159 e. The van der Waals surface area contributed by atoms with Gasteiger partial charge in [-0.3, -0.25) is 0 Å². The van der Waals surface area contributed by atoms with E-state index in [2.05, 4.69) is 21.6 Å². The van der Waals surface area contributed by atoms with Gasteiger partial charge in [-0.2, -0.15) is 9.94 Å². The molecule has 0 unspecified atom stereocenters. The minimum atomic E-state index is 0.175. The molecule has 0 amide bonds. The Morgan fingerprint density at radius 3 is 2.82 bits per heavy atom. The molecule has 17 heavy (non-hydrogen) atoms. The van der Waals surface area contributed by atoms with Crippen molar-refractivity contribution in [1.29, 1.82) is 5.26 Å². The molecule has 0 bridgehead atoms. The van der Waals surface area contributed by atoms with Crippen molar-refractivity contribution in [3.63, 3.8) is 0 Å². The standard InChI is InChI=1S/C11H12N6/c1-7(2)11-14-15-16-17(11)10-4-3-9(13)5-8(10)6-12/h3-5,7H,13H2,1-2H3. The highest BCUT2D eigenvalue weighted by molar-refractivity contribution is 5.56. The van der Waals surface area contributed by atoms with Crippen molar-refractivity contribution in [2.75, 3.05) is 5.73 Å². The Kier molecular flexibility index (Phi) is 2.75. The highest BCUT2D eigenvalue weighted by Crippen LogP contribution is 2.20. The number of rotatable bonds is 2. The second-order valence-electron chi connectivity index (χ2n) is 3.99. The average molecular weight is 228 g/mol. The molecule has 1 aromatic carbocycles. The lowest BCUT2D eigenvalue weighted by Gasteiger charge is -2.08. The van der Waals surface area contributed by atoms with Gasteiger partial charge in [0, 0.05) is 11.6 Å². The van der Waals surface area contributed by atoms with E-state index in [0.29, 0.717) is 22.8 Å². The van der Waals surface area contributed by atoms with Crippen molar-refractivity contribution in [3.05, 3.63) is 29.6 Å². The number of nitrogen functional groups attached to an aromatic ring is 1. The van der Waals surface area contributed by atoms with Crippen LogP contribution in [0.5, 0.6) is 0 Å². The number of nitrogens with two attached hydrogens (primary N) is 1. The van der Waals surface area contributed by atoms with Gasteiger partial charge in [0.05, 0.1) is 11.3 Å². The lowest BCUT2D eigenvalue weighted by atomic mass is 10.1. The fraction of sp³-hybridized carbons (Fsp3) is 0.273. The summed E-state index contributed by atoms with van der Waals surface area (Å²) in [6, 6.07) is 7.18. The molecular formula is C11H12N6. The largest absolute Gasteiger partial charge is 0.399 e. The van der Waals surface area contributed by atoms with E-state index in [4.69, 9.17) is 11.0 Å². The second kappa shape index (κ2) is 4.22. The summed E-state index contributed by atoms with van der Waals surface area (Å²) in [5.74, 6) is 0.889. The Bertz CT molecular complexity index is 578. The Balaban J connectivity index is 2.61. The zero-order valence-corrected chi connectivity index (χ0v) is 9.62. The third-order valence-electron chi connectivity index (χ3n) is 2.38. The first-order valence-corrected chi connectivity index (χ1v) is 5.21. The van der Waals surface area contributed by atoms with Gasteiger partial charge in [0.2, 0.25) is 0 Å². The van der Waals surface area contributed by atoms with Gasteiger partial charge < -0.3 is 5.73 Å². The Labute approximate surface area is 98.7 Å². The van der Waals surface area contributed by atoms with Gasteiger partial charge in [0.25, 0.3) is 0 Å². The number of anilines is 1. The fourth-order valence-electron chi connectivity index (χ4n) is 1.55. The lowest BCUT2D eigenvalue weighted by Crippen LogP contribution is -2.07. The molecule has 0 saturated carbocycles. The van der Waals surface area contributed by atoms with Crippen LogP contribution >= 0.6 is 0 Å². The Morgan fingerprint density at radius 1 is 1.41 bits per heavy atom. The molecule has 0 aliphatic carbocycles. The van der Waals surface area contributed by atoms with Crippen LogP contribution in [0.15, 0.2) is 18.2 Å². The zero-order valence-electron chi connectivity index (χ0n) is 9.62. The van der Waals surface area contributed by atoms with Gasteiger partial charge in [-0.15, -0.1) is 5.10 Å². The van der Waals surface area contributed by atoms with Crippen molar-refractivity contribution in [2.45, 2.75) is 19.8 Å². The van der Waals surface area contributed by atoms with E-state index in [0.717, 1.165) is 0 Å². The first-order chi connectivity index (χ1) is 8.13. The molecule has 0 aliphatic rings. The van der Waals surface area contributed by atoms with Crippen LogP contribution in [0.2, 0.25) is 0 Å².